The summed E-state index contributed by atoms with van der Waals surface area (Å²) in [6.07, 6.45) is 4.07. The molecule has 1 unspecified atom stereocenters. The molecule has 3 N–H and O–H groups in total. The maximum absolute atomic E-state index is 10.5. The molecule has 0 aliphatic heterocycles. The number of likely N-dealkylation sites (N-methyl/N-ethyl adjacent to an activating group) is 1. The highest BCUT2D eigenvalue weighted by molar-refractivity contribution is 5.89. The Morgan fingerprint density at radius 2 is 2.37 bits per heavy atom. The van der Waals surface area contributed by atoms with E-state index < -0.39 is 0 Å². The molecule has 1 amide bonds. The molecular formula is C15H19N3O. The van der Waals surface area contributed by atoms with Crippen LogP contribution in [0.2, 0.25) is 0 Å². The van der Waals surface area contributed by atoms with E-state index in [4.69, 9.17) is 0 Å². The van der Waals surface area contributed by atoms with E-state index in [0.29, 0.717) is 6.04 Å². The molecule has 1 aliphatic rings. The number of nitrogens with one attached hydrogen (secondary N) is 3. The van der Waals surface area contributed by atoms with Crippen molar-refractivity contribution < 1.29 is 4.79 Å². The summed E-state index contributed by atoms with van der Waals surface area (Å²) in [4.78, 5) is 14.0. The first-order valence-electron chi connectivity index (χ1n) is 6.89. The first kappa shape index (κ1) is 12.2. The van der Waals surface area contributed by atoms with Crippen molar-refractivity contribution in [1.29, 1.82) is 0 Å². The van der Waals surface area contributed by atoms with Gasteiger partial charge in [0.25, 0.3) is 0 Å². The fourth-order valence-corrected chi connectivity index (χ4v) is 3.04. The van der Waals surface area contributed by atoms with E-state index in [1.54, 1.807) is 0 Å². The lowest BCUT2D eigenvalue weighted by molar-refractivity contribution is -0.105. The van der Waals surface area contributed by atoms with E-state index in [1.165, 1.54) is 28.6 Å². The number of aryl methyl sites for hydroxylation is 1. The van der Waals surface area contributed by atoms with Crippen LogP contribution in [-0.4, -0.2) is 24.0 Å². The molecule has 0 fully saturated rings. The highest BCUT2D eigenvalue weighted by Crippen LogP contribution is 2.30. The van der Waals surface area contributed by atoms with Crippen molar-refractivity contribution in [2.45, 2.75) is 32.2 Å². The topological polar surface area (TPSA) is 56.9 Å². The van der Waals surface area contributed by atoms with Gasteiger partial charge in [-0.1, -0.05) is 6.92 Å². The first-order chi connectivity index (χ1) is 9.31. The Morgan fingerprint density at radius 1 is 1.47 bits per heavy atom. The molecule has 1 atom stereocenters. The van der Waals surface area contributed by atoms with Crippen LogP contribution in [0.15, 0.2) is 18.2 Å². The van der Waals surface area contributed by atoms with Gasteiger partial charge in [-0.05, 0) is 49.6 Å². The van der Waals surface area contributed by atoms with Crippen molar-refractivity contribution in [2.24, 2.45) is 0 Å². The lowest BCUT2D eigenvalue weighted by atomic mass is 9.91. The maximum atomic E-state index is 10.5. The summed E-state index contributed by atoms with van der Waals surface area (Å²) >= 11 is 0. The molecule has 0 saturated heterocycles. The molecule has 1 aromatic heterocycles. The van der Waals surface area contributed by atoms with Gasteiger partial charge in [0.1, 0.15) is 0 Å². The van der Waals surface area contributed by atoms with Crippen LogP contribution < -0.4 is 10.6 Å². The zero-order valence-electron chi connectivity index (χ0n) is 11.1. The molecule has 1 aromatic carbocycles. The van der Waals surface area contributed by atoms with Crippen molar-refractivity contribution in [1.82, 2.24) is 10.3 Å². The van der Waals surface area contributed by atoms with Gasteiger partial charge in [0.05, 0.1) is 0 Å². The average molecular weight is 257 g/mol. The number of aromatic nitrogens is 1. The van der Waals surface area contributed by atoms with Crippen LogP contribution in [-0.2, 0) is 17.6 Å². The van der Waals surface area contributed by atoms with Gasteiger partial charge >= 0.3 is 0 Å². The normalized spacial score (nSPS) is 18.3. The van der Waals surface area contributed by atoms with Crippen LogP contribution in [0.3, 0.4) is 0 Å². The van der Waals surface area contributed by atoms with E-state index >= 15 is 0 Å². The van der Waals surface area contributed by atoms with Gasteiger partial charge < -0.3 is 15.6 Å². The van der Waals surface area contributed by atoms with Gasteiger partial charge in [-0.3, -0.25) is 4.79 Å². The van der Waals surface area contributed by atoms with E-state index in [0.717, 1.165) is 31.5 Å². The molecular weight excluding hydrogens is 238 g/mol. The molecule has 2 aromatic rings. The lowest BCUT2D eigenvalue weighted by Crippen LogP contribution is -2.34. The predicted octanol–water partition coefficient (Wildman–Crippen LogP) is 2.20. The average Bonchev–Trinajstić information content (AvgIpc) is 2.77. The van der Waals surface area contributed by atoms with Crippen LogP contribution in [0, 0.1) is 0 Å². The summed E-state index contributed by atoms with van der Waals surface area (Å²) in [7, 11) is 0. The van der Waals surface area contributed by atoms with Crippen molar-refractivity contribution in [2.75, 3.05) is 11.9 Å². The third-order valence-electron chi connectivity index (χ3n) is 3.91. The molecule has 0 saturated carbocycles. The highest BCUT2D eigenvalue weighted by atomic mass is 16.1. The minimum atomic E-state index is 0.569. The molecule has 100 valence electrons. The quantitative estimate of drug-likeness (QED) is 0.735. The van der Waals surface area contributed by atoms with Crippen molar-refractivity contribution >= 4 is 23.0 Å². The Balaban J connectivity index is 2.00. The smallest absolute Gasteiger partial charge is 0.211 e. The SMILES string of the molecule is CCNC1CCc2[nH]c3ccc(NC=O)cc3c2C1. The highest BCUT2D eigenvalue weighted by Gasteiger charge is 2.21. The number of aromatic amines is 1. The molecule has 19 heavy (non-hydrogen) atoms. The van der Waals surface area contributed by atoms with Crippen molar-refractivity contribution in [3.05, 3.63) is 29.5 Å². The van der Waals surface area contributed by atoms with Gasteiger partial charge in [0.2, 0.25) is 6.41 Å². The number of fused-ring (bicyclic) bond motifs is 3. The zero-order valence-corrected chi connectivity index (χ0v) is 11.1. The largest absolute Gasteiger partial charge is 0.358 e. The minimum Gasteiger partial charge on any atom is -0.358 e. The van der Waals surface area contributed by atoms with E-state index in [9.17, 15) is 4.79 Å². The predicted molar refractivity (Wildman–Crippen MR) is 77.5 cm³/mol. The number of anilines is 1. The third-order valence-corrected chi connectivity index (χ3v) is 3.91. The molecule has 1 heterocycles. The van der Waals surface area contributed by atoms with Gasteiger partial charge in [-0.2, -0.15) is 0 Å². The molecule has 0 radical (unpaired) electrons. The summed E-state index contributed by atoms with van der Waals surface area (Å²) in [5.41, 5.74) is 4.78. The summed E-state index contributed by atoms with van der Waals surface area (Å²) in [5, 5.41) is 7.50. The van der Waals surface area contributed by atoms with Gasteiger partial charge in [-0.25, -0.2) is 0 Å². The van der Waals surface area contributed by atoms with Gasteiger partial charge in [0, 0.05) is 28.3 Å². The molecule has 4 heteroatoms. The number of amides is 1. The molecule has 0 spiro atoms. The van der Waals surface area contributed by atoms with E-state index in [2.05, 4.69) is 28.6 Å². The maximum Gasteiger partial charge on any atom is 0.211 e. The van der Waals surface area contributed by atoms with Gasteiger partial charge in [-0.15, -0.1) is 0 Å². The standard InChI is InChI=1S/C15H19N3O/c1-2-16-10-3-5-14-12(7-10)13-8-11(17-9-19)4-6-15(13)18-14/h4,6,8-10,16,18H,2-3,5,7H2,1H3,(H,17,19). The second-order valence-electron chi connectivity index (χ2n) is 5.10. The summed E-state index contributed by atoms with van der Waals surface area (Å²) < 4.78 is 0. The lowest BCUT2D eigenvalue weighted by Gasteiger charge is -2.23. The van der Waals surface area contributed by atoms with Crippen LogP contribution in [0.4, 0.5) is 5.69 Å². The van der Waals surface area contributed by atoms with E-state index in [1.807, 2.05) is 12.1 Å². The Kier molecular flexibility index (Phi) is 3.25. The number of H-pyrrole nitrogens is 1. The second kappa shape index (κ2) is 5.05. The first-order valence-corrected chi connectivity index (χ1v) is 6.89. The Labute approximate surface area is 112 Å². The number of benzene rings is 1. The fourth-order valence-electron chi connectivity index (χ4n) is 3.04. The monoisotopic (exact) mass is 257 g/mol. The Bertz CT molecular complexity index is 603. The Hall–Kier alpha value is -1.81. The third kappa shape index (κ3) is 2.24. The summed E-state index contributed by atoms with van der Waals surface area (Å²) in [5.74, 6) is 0. The van der Waals surface area contributed by atoms with Gasteiger partial charge in [0.15, 0.2) is 0 Å². The number of rotatable bonds is 4. The fraction of sp³-hybridized carbons (Fsp3) is 0.400. The minimum absolute atomic E-state index is 0.569. The molecule has 0 bridgehead atoms. The van der Waals surface area contributed by atoms with Crippen molar-refractivity contribution in [3.63, 3.8) is 0 Å². The van der Waals surface area contributed by atoms with Crippen LogP contribution in [0.5, 0.6) is 0 Å². The summed E-state index contributed by atoms with van der Waals surface area (Å²) in [6, 6.07) is 6.61. The molecule has 4 nitrogen and oxygen atoms in total. The van der Waals surface area contributed by atoms with Crippen LogP contribution >= 0.6 is 0 Å². The molecule has 3 rings (SSSR count). The second-order valence-corrected chi connectivity index (χ2v) is 5.10. The number of hydrogen-bond acceptors (Lipinski definition) is 2. The number of carbonyl (C=O) groups is 1. The Morgan fingerprint density at radius 3 is 3.16 bits per heavy atom. The van der Waals surface area contributed by atoms with E-state index in [-0.39, 0.29) is 0 Å². The summed E-state index contributed by atoms with van der Waals surface area (Å²) in [6.45, 7) is 3.16. The van der Waals surface area contributed by atoms with Crippen molar-refractivity contribution in [3.8, 4) is 0 Å². The zero-order chi connectivity index (χ0) is 13.2. The number of carbonyl (C=O) groups excluding carboxylic acids is 1. The van der Waals surface area contributed by atoms with Crippen LogP contribution in [0.1, 0.15) is 24.6 Å². The molecule has 1 aliphatic carbocycles. The number of hydrogen-bond donors (Lipinski definition) is 3. The van der Waals surface area contributed by atoms with Crippen LogP contribution in [0.25, 0.3) is 10.9 Å².